The minimum absolute atomic E-state index is 0. The van der Waals surface area contributed by atoms with Crippen molar-refractivity contribution in [3.8, 4) is 0 Å². The fourth-order valence-corrected chi connectivity index (χ4v) is 0. The summed E-state index contributed by atoms with van der Waals surface area (Å²) in [6, 6.07) is 0. The van der Waals surface area contributed by atoms with Crippen molar-refractivity contribution >= 4 is 39.3 Å². The van der Waals surface area contributed by atoms with Crippen LogP contribution in [0.3, 0.4) is 0 Å². The van der Waals surface area contributed by atoms with Crippen LogP contribution in [-0.2, 0) is 33.0 Å². The molecule has 0 aromatic rings. The Morgan fingerprint density at radius 2 is 1.00 bits per heavy atom. The van der Waals surface area contributed by atoms with E-state index >= 15 is 0 Å². The van der Waals surface area contributed by atoms with E-state index in [1.165, 1.54) is 0 Å². The molecule has 0 aromatic carbocycles. The monoisotopic (exact) mass is 223 g/mol. The van der Waals surface area contributed by atoms with Crippen LogP contribution in [0, 0.1) is 7.43 Å². The molecule has 0 aliphatic carbocycles. The van der Waals surface area contributed by atoms with Crippen molar-refractivity contribution in [3.05, 3.63) is 7.43 Å². The maximum Gasteiger partial charge on any atom is 4.00 e. The SMILES string of the molecule is [C+4].[In+3].[S-2].[Zn+2]. The third-order valence-corrected chi connectivity index (χ3v) is 0. The molecule has 0 saturated carbocycles. The number of rotatable bonds is 0. The summed E-state index contributed by atoms with van der Waals surface area (Å²) in [5, 5.41) is 0. The van der Waals surface area contributed by atoms with Gasteiger partial charge in [0.25, 0.3) is 0 Å². The van der Waals surface area contributed by atoms with Gasteiger partial charge in [0, 0.05) is 0 Å². The summed E-state index contributed by atoms with van der Waals surface area (Å²) in [6.45, 7) is 0. The second kappa shape index (κ2) is 21.1. The molecule has 3 heteroatoms. The Balaban J connectivity index is 0. The summed E-state index contributed by atoms with van der Waals surface area (Å²) in [6.07, 6.45) is 0. The molecule has 0 rings (SSSR count). The van der Waals surface area contributed by atoms with Crippen LogP contribution in [0.25, 0.3) is 0 Å². The van der Waals surface area contributed by atoms with Crippen LogP contribution in [0.4, 0.5) is 0 Å². The smallest absolute Gasteiger partial charge is 2.00 e. The molecule has 0 bridgehead atoms. The van der Waals surface area contributed by atoms with E-state index in [0.717, 1.165) is 0 Å². The standard InChI is InChI=1S/C.In.S.Zn/q+4;+3;-2;+2. The molecule has 0 radical (unpaired) electrons. The molecule has 0 nitrogen and oxygen atoms in total. The Hall–Kier alpha value is 1.84. The molecule has 0 aromatic heterocycles. The summed E-state index contributed by atoms with van der Waals surface area (Å²) < 4.78 is 0. The first-order valence-electron chi connectivity index (χ1n) is 0. The molecule has 0 aliphatic rings. The van der Waals surface area contributed by atoms with Gasteiger partial charge in [0.05, 0.1) is 0 Å². The van der Waals surface area contributed by atoms with Crippen LogP contribution in [0.2, 0.25) is 0 Å². The zero-order valence-electron chi connectivity index (χ0n) is 2.19. The van der Waals surface area contributed by atoms with E-state index in [1.54, 1.807) is 0 Å². The van der Waals surface area contributed by atoms with E-state index in [-0.39, 0.29) is 66.2 Å². The van der Waals surface area contributed by atoms with Crippen molar-refractivity contribution in [1.82, 2.24) is 0 Å². The average molecular weight is 224 g/mol. The molecule has 0 spiro atoms. The Morgan fingerprint density at radius 1 is 1.00 bits per heavy atom. The quantitative estimate of drug-likeness (QED) is 0.495. The topological polar surface area (TPSA) is 0 Å². The largest absolute Gasteiger partial charge is 4.00 e. The molecule has 0 unspecified atom stereocenters. The minimum atomic E-state index is 0. The van der Waals surface area contributed by atoms with Crippen LogP contribution >= 0.6 is 0 Å². The first-order valence-corrected chi connectivity index (χ1v) is 0. The summed E-state index contributed by atoms with van der Waals surface area (Å²) in [7, 11) is 0. The van der Waals surface area contributed by atoms with E-state index in [0.29, 0.717) is 0 Å². The molecule has 4 heavy (non-hydrogen) atoms. The molecular formula is CInSZn+7. The van der Waals surface area contributed by atoms with Gasteiger partial charge >= 0.3 is 52.7 Å². The van der Waals surface area contributed by atoms with Crippen molar-refractivity contribution < 1.29 is 19.5 Å². The van der Waals surface area contributed by atoms with Crippen molar-refractivity contribution in [3.63, 3.8) is 0 Å². The molecule has 8 valence electrons. The van der Waals surface area contributed by atoms with E-state index in [9.17, 15) is 0 Å². The van der Waals surface area contributed by atoms with Gasteiger partial charge in [-0.25, -0.2) is 0 Å². The van der Waals surface area contributed by atoms with Crippen molar-refractivity contribution in [2.75, 3.05) is 0 Å². The maximum atomic E-state index is 0. The van der Waals surface area contributed by atoms with Gasteiger partial charge in [-0.05, 0) is 0 Å². The van der Waals surface area contributed by atoms with Gasteiger partial charge in [-0.2, -0.15) is 0 Å². The van der Waals surface area contributed by atoms with E-state index < -0.39 is 0 Å². The van der Waals surface area contributed by atoms with Gasteiger partial charge in [-0.1, -0.05) is 0 Å². The molecule has 0 heterocycles. The molecule has 0 N–H and O–H groups in total. The average Bonchev–Trinajstić information content (AvgIpc) is 0. The van der Waals surface area contributed by atoms with Crippen LogP contribution in [0.15, 0.2) is 0 Å². The van der Waals surface area contributed by atoms with Gasteiger partial charge in [-0.3, -0.25) is 0 Å². The van der Waals surface area contributed by atoms with Gasteiger partial charge in [-0.15, -0.1) is 0 Å². The first-order chi connectivity index (χ1) is 0. The predicted molar refractivity (Wildman–Crippen MR) is 16.4 cm³/mol. The fraction of sp³-hybridized carbons (Fsp3) is 0. The Labute approximate surface area is 65.7 Å². The van der Waals surface area contributed by atoms with Crippen molar-refractivity contribution in [2.24, 2.45) is 0 Å². The maximum absolute atomic E-state index is 0. The zero-order chi connectivity index (χ0) is 0. The van der Waals surface area contributed by atoms with Crippen molar-refractivity contribution in [2.45, 2.75) is 0 Å². The van der Waals surface area contributed by atoms with E-state index in [1.807, 2.05) is 0 Å². The summed E-state index contributed by atoms with van der Waals surface area (Å²) in [5.41, 5.74) is 0. The second-order valence-corrected chi connectivity index (χ2v) is 0. The second-order valence-electron chi connectivity index (χ2n) is 0. The normalized spacial score (nSPS) is 0. The minimum Gasteiger partial charge on any atom is -2.00 e. The van der Waals surface area contributed by atoms with E-state index in [2.05, 4.69) is 0 Å². The molecular weight excluding hydrogens is 224 g/mol. The van der Waals surface area contributed by atoms with Crippen LogP contribution in [-0.4, -0.2) is 25.8 Å². The number of hydrogen-bond donors (Lipinski definition) is 0. The fourth-order valence-electron chi connectivity index (χ4n) is 0. The zero-order valence-corrected chi connectivity index (χ0v) is 9.27. The summed E-state index contributed by atoms with van der Waals surface area (Å²) >= 11 is 0. The predicted octanol–water partition coefficient (Wildman–Crippen LogP) is -0.304. The number of hydrogen-bond acceptors (Lipinski definition) is 0. The molecule has 0 atom stereocenters. The third-order valence-electron chi connectivity index (χ3n) is 0. The van der Waals surface area contributed by atoms with Gasteiger partial charge in [0.15, 0.2) is 0 Å². The Bertz CT molecular complexity index is 8.00. The van der Waals surface area contributed by atoms with Gasteiger partial charge in [0.2, 0.25) is 0 Å². The van der Waals surface area contributed by atoms with Gasteiger partial charge < -0.3 is 13.5 Å². The molecule has 0 saturated heterocycles. The summed E-state index contributed by atoms with van der Waals surface area (Å²) in [5.74, 6) is 0. The first kappa shape index (κ1) is 40.3. The molecule has 0 fully saturated rings. The van der Waals surface area contributed by atoms with Crippen LogP contribution in [0.5, 0.6) is 0 Å². The third kappa shape index (κ3) is 9.14. The van der Waals surface area contributed by atoms with Crippen molar-refractivity contribution in [1.29, 1.82) is 0 Å². The van der Waals surface area contributed by atoms with Crippen LogP contribution < -0.4 is 0 Å². The van der Waals surface area contributed by atoms with Gasteiger partial charge in [0.1, 0.15) is 0 Å². The van der Waals surface area contributed by atoms with E-state index in [4.69, 9.17) is 0 Å². The summed E-state index contributed by atoms with van der Waals surface area (Å²) in [4.78, 5) is 0. The Kier molecular flexibility index (Phi) is 212. The molecule has 0 aliphatic heterocycles. The Morgan fingerprint density at radius 3 is 1.00 bits per heavy atom. The van der Waals surface area contributed by atoms with Crippen LogP contribution in [0.1, 0.15) is 0 Å². The molecule has 0 amide bonds.